The summed E-state index contributed by atoms with van der Waals surface area (Å²) in [4.78, 5) is 25.8. The standard InChI is InChI=1S/C23H22N6O2/c1-31-21-12-19-16(11-20(21)29-23(30)18-5-3-9-25-18)22(27-13-26-19)28-15-6-7-17-14(10-15)4-2-8-24-17/h2,4,6-8,10-13,18,25H,3,5,9H2,1H3,(H,29,30)(H,26,27,28). The van der Waals surface area contributed by atoms with Crippen molar-refractivity contribution in [3.05, 3.63) is 55.0 Å². The first-order chi connectivity index (χ1) is 15.2. The van der Waals surface area contributed by atoms with Crippen molar-refractivity contribution >= 4 is 44.9 Å². The number of methoxy groups -OCH3 is 1. The van der Waals surface area contributed by atoms with Gasteiger partial charge >= 0.3 is 0 Å². The van der Waals surface area contributed by atoms with Crippen molar-refractivity contribution in [2.45, 2.75) is 18.9 Å². The summed E-state index contributed by atoms with van der Waals surface area (Å²) in [5, 5.41) is 11.4. The van der Waals surface area contributed by atoms with Crippen molar-refractivity contribution in [2.75, 3.05) is 24.3 Å². The van der Waals surface area contributed by atoms with Crippen LogP contribution in [0.4, 0.5) is 17.2 Å². The number of nitrogens with zero attached hydrogens (tertiary/aromatic N) is 3. The van der Waals surface area contributed by atoms with Gasteiger partial charge in [0.05, 0.1) is 29.9 Å². The lowest BCUT2D eigenvalue weighted by Crippen LogP contribution is -2.35. The highest BCUT2D eigenvalue weighted by Crippen LogP contribution is 2.33. The molecule has 3 heterocycles. The highest BCUT2D eigenvalue weighted by molar-refractivity contribution is 6.01. The molecule has 1 fully saturated rings. The molecule has 5 rings (SSSR count). The minimum absolute atomic E-state index is 0.0662. The van der Waals surface area contributed by atoms with E-state index in [9.17, 15) is 4.79 Å². The number of hydrogen-bond donors (Lipinski definition) is 3. The number of nitrogens with one attached hydrogen (secondary N) is 3. The van der Waals surface area contributed by atoms with Crippen LogP contribution in [0.2, 0.25) is 0 Å². The molecule has 1 atom stereocenters. The van der Waals surface area contributed by atoms with Crippen molar-refractivity contribution in [3.63, 3.8) is 0 Å². The largest absolute Gasteiger partial charge is 0.494 e. The maximum Gasteiger partial charge on any atom is 0.241 e. The number of rotatable bonds is 5. The van der Waals surface area contributed by atoms with E-state index in [1.165, 1.54) is 6.33 Å². The lowest BCUT2D eigenvalue weighted by molar-refractivity contribution is -0.117. The van der Waals surface area contributed by atoms with E-state index < -0.39 is 0 Å². The van der Waals surface area contributed by atoms with Gasteiger partial charge in [-0.25, -0.2) is 9.97 Å². The molecule has 0 spiro atoms. The fraction of sp³-hybridized carbons (Fsp3) is 0.217. The minimum atomic E-state index is -0.184. The first kappa shape index (κ1) is 19.2. The first-order valence-corrected chi connectivity index (χ1v) is 10.2. The number of carbonyl (C=O) groups is 1. The SMILES string of the molecule is COc1cc2ncnc(Nc3ccc4ncccc4c3)c2cc1NC(=O)C1CCCN1. The zero-order valence-electron chi connectivity index (χ0n) is 17.1. The summed E-state index contributed by atoms with van der Waals surface area (Å²) in [6.07, 6.45) is 5.11. The van der Waals surface area contributed by atoms with Crippen LogP contribution >= 0.6 is 0 Å². The van der Waals surface area contributed by atoms with Gasteiger partial charge in [-0.3, -0.25) is 9.78 Å². The highest BCUT2D eigenvalue weighted by Gasteiger charge is 2.23. The average Bonchev–Trinajstić information content (AvgIpc) is 3.34. The Hall–Kier alpha value is -3.78. The molecule has 0 bridgehead atoms. The number of hydrogen-bond acceptors (Lipinski definition) is 7. The van der Waals surface area contributed by atoms with E-state index in [4.69, 9.17) is 4.74 Å². The molecule has 2 aromatic carbocycles. The Labute approximate surface area is 179 Å². The second-order valence-electron chi connectivity index (χ2n) is 7.47. The van der Waals surface area contributed by atoms with Gasteiger partial charge in [-0.15, -0.1) is 0 Å². The minimum Gasteiger partial charge on any atom is -0.494 e. The zero-order valence-corrected chi connectivity index (χ0v) is 17.1. The molecule has 1 aliphatic rings. The molecule has 156 valence electrons. The topological polar surface area (TPSA) is 101 Å². The van der Waals surface area contributed by atoms with Crippen molar-refractivity contribution in [1.29, 1.82) is 0 Å². The Kier molecular flexibility index (Phi) is 5.05. The van der Waals surface area contributed by atoms with Crippen molar-refractivity contribution in [1.82, 2.24) is 20.3 Å². The van der Waals surface area contributed by atoms with Gasteiger partial charge in [0, 0.05) is 28.7 Å². The van der Waals surface area contributed by atoms with Crippen LogP contribution in [0.15, 0.2) is 55.0 Å². The summed E-state index contributed by atoms with van der Waals surface area (Å²) in [5.41, 5.74) is 3.12. The number of fused-ring (bicyclic) bond motifs is 2. The molecule has 2 aromatic heterocycles. The number of amides is 1. The van der Waals surface area contributed by atoms with E-state index in [-0.39, 0.29) is 11.9 Å². The summed E-state index contributed by atoms with van der Waals surface area (Å²) >= 11 is 0. The van der Waals surface area contributed by atoms with Crippen LogP contribution in [0.1, 0.15) is 12.8 Å². The van der Waals surface area contributed by atoms with Gasteiger partial charge in [-0.05, 0) is 49.7 Å². The van der Waals surface area contributed by atoms with Gasteiger partial charge in [-0.1, -0.05) is 6.07 Å². The van der Waals surface area contributed by atoms with Gasteiger partial charge in [0.2, 0.25) is 5.91 Å². The predicted octanol–water partition coefficient (Wildman–Crippen LogP) is 3.62. The predicted molar refractivity (Wildman–Crippen MR) is 121 cm³/mol. The molecule has 8 nitrogen and oxygen atoms in total. The molecular formula is C23H22N6O2. The molecule has 31 heavy (non-hydrogen) atoms. The molecule has 0 aliphatic carbocycles. The van der Waals surface area contributed by atoms with Crippen LogP contribution in [0.5, 0.6) is 5.75 Å². The smallest absolute Gasteiger partial charge is 0.241 e. The van der Waals surface area contributed by atoms with Crippen molar-refractivity contribution in [3.8, 4) is 5.75 Å². The summed E-state index contributed by atoms with van der Waals surface area (Å²) in [7, 11) is 1.58. The summed E-state index contributed by atoms with van der Waals surface area (Å²) in [6.45, 7) is 0.857. The average molecular weight is 414 g/mol. The molecule has 1 unspecified atom stereocenters. The Bertz CT molecular complexity index is 1270. The lowest BCUT2D eigenvalue weighted by atomic mass is 10.1. The molecule has 1 saturated heterocycles. The third-order valence-electron chi connectivity index (χ3n) is 5.46. The maximum absolute atomic E-state index is 12.6. The Morgan fingerprint density at radius 3 is 2.90 bits per heavy atom. The molecule has 8 heteroatoms. The lowest BCUT2D eigenvalue weighted by Gasteiger charge is -2.16. The molecule has 0 saturated carbocycles. The van der Waals surface area contributed by atoms with Crippen LogP contribution in [0.25, 0.3) is 21.8 Å². The molecule has 1 aliphatic heterocycles. The highest BCUT2D eigenvalue weighted by atomic mass is 16.5. The third kappa shape index (κ3) is 3.85. The maximum atomic E-state index is 12.6. The number of aromatic nitrogens is 3. The fourth-order valence-corrected chi connectivity index (χ4v) is 3.87. The van der Waals surface area contributed by atoms with E-state index in [1.54, 1.807) is 13.3 Å². The van der Waals surface area contributed by atoms with Gasteiger partial charge in [0.25, 0.3) is 0 Å². The van der Waals surface area contributed by atoms with Gasteiger partial charge < -0.3 is 20.7 Å². The number of benzene rings is 2. The van der Waals surface area contributed by atoms with Gasteiger partial charge in [0.15, 0.2) is 0 Å². The third-order valence-corrected chi connectivity index (χ3v) is 5.46. The summed E-state index contributed by atoms with van der Waals surface area (Å²) in [5.74, 6) is 1.13. The number of ether oxygens (including phenoxy) is 1. The van der Waals surface area contributed by atoms with Crippen LogP contribution in [-0.4, -0.2) is 40.6 Å². The first-order valence-electron chi connectivity index (χ1n) is 10.2. The van der Waals surface area contributed by atoms with Crippen LogP contribution in [-0.2, 0) is 4.79 Å². The second-order valence-corrected chi connectivity index (χ2v) is 7.47. The van der Waals surface area contributed by atoms with E-state index in [0.717, 1.165) is 41.4 Å². The molecular weight excluding hydrogens is 392 g/mol. The van der Waals surface area contributed by atoms with E-state index in [1.807, 2.05) is 42.5 Å². The van der Waals surface area contributed by atoms with Gasteiger partial charge in [0.1, 0.15) is 17.9 Å². The van der Waals surface area contributed by atoms with Crippen molar-refractivity contribution in [2.24, 2.45) is 0 Å². The zero-order chi connectivity index (χ0) is 21.2. The monoisotopic (exact) mass is 414 g/mol. The second kappa shape index (κ2) is 8.16. The van der Waals surface area contributed by atoms with Crippen LogP contribution in [0, 0.1) is 0 Å². The summed E-state index contributed by atoms with van der Waals surface area (Å²) in [6, 6.07) is 13.3. The van der Waals surface area contributed by atoms with E-state index in [2.05, 4.69) is 30.9 Å². The Morgan fingerprint density at radius 2 is 2.06 bits per heavy atom. The van der Waals surface area contributed by atoms with Crippen LogP contribution in [0.3, 0.4) is 0 Å². The Balaban J connectivity index is 1.51. The van der Waals surface area contributed by atoms with Crippen LogP contribution < -0.4 is 20.7 Å². The molecule has 3 N–H and O–H groups in total. The number of pyridine rings is 1. The number of carbonyl (C=O) groups excluding carboxylic acids is 1. The summed E-state index contributed by atoms with van der Waals surface area (Å²) < 4.78 is 5.50. The fourth-order valence-electron chi connectivity index (χ4n) is 3.87. The Morgan fingerprint density at radius 1 is 1.13 bits per heavy atom. The molecule has 4 aromatic rings. The molecule has 0 radical (unpaired) electrons. The normalized spacial score (nSPS) is 15.8. The van der Waals surface area contributed by atoms with E-state index in [0.29, 0.717) is 22.8 Å². The molecule has 1 amide bonds. The quantitative estimate of drug-likeness (QED) is 0.458. The van der Waals surface area contributed by atoms with E-state index >= 15 is 0 Å². The number of anilines is 3. The van der Waals surface area contributed by atoms with Gasteiger partial charge in [-0.2, -0.15) is 0 Å². The van der Waals surface area contributed by atoms with Crippen molar-refractivity contribution < 1.29 is 9.53 Å².